The molecule has 5 heteroatoms. The first kappa shape index (κ1) is 12.4. The van der Waals surface area contributed by atoms with Crippen molar-refractivity contribution < 1.29 is 14.3 Å². The number of benzene rings is 1. The first-order valence-corrected chi connectivity index (χ1v) is 5.82. The zero-order chi connectivity index (χ0) is 13.1. The van der Waals surface area contributed by atoms with E-state index in [2.05, 4.69) is 10.1 Å². The van der Waals surface area contributed by atoms with Crippen LogP contribution in [0.15, 0.2) is 18.2 Å². The smallest absolute Gasteiger partial charge is 0.307 e. The molecule has 0 saturated carbocycles. The molecule has 1 aromatic carbocycles. The fourth-order valence-corrected chi connectivity index (χ4v) is 1.99. The first-order valence-electron chi connectivity index (χ1n) is 5.82. The van der Waals surface area contributed by atoms with Gasteiger partial charge in [-0.3, -0.25) is 9.59 Å². The number of esters is 1. The molecule has 1 heterocycles. The second kappa shape index (κ2) is 5.08. The molecule has 0 spiro atoms. The van der Waals surface area contributed by atoms with Gasteiger partial charge in [-0.05, 0) is 23.8 Å². The molecule has 18 heavy (non-hydrogen) atoms. The van der Waals surface area contributed by atoms with Gasteiger partial charge in [0.05, 0.1) is 20.0 Å². The lowest BCUT2D eigenvalue weighted by molar-refractivity contribution is -0.140. The van der Waals surface area contributed by atoms with Crippen LogP contribution in [0.25, 0.3) is 0 Å². The zero-order valence-corrected chi connectivity index (χ0v) is 10.5. The summed E-state index contributed by atoms with van der Waals surface area (Å²) in [6.45, 7) is 0.523. The number of carbonyl (C=O) groups excluding carboxylic acids is 2. The molecular formula is C13H16N2O3. The minimum Gasteiger partial charge on any atom is -0.469 e. The van der Waals surface area contributed by atoms with Crippen LogP contribution in [0.4, 0.5) is 11.4 Å². The number of methoxy groups -OCH3 is 1. The van der Waals surface area contributed by atoms with E-state index < -0.39 is 0 Å². The lowest BCUT2D eigenvalue weighted by Crippen LogP contribution is -2.20. The summed E-state index contributed by atoms with van der Waals surface area (Å²) in [6, 6.07) is 5.78. The van der Waals surface area contributed by atoms with Crippen LogP contribution in [0.1, 0.15) is 12.0 Å². The molecule has 1 aliphatic heterocycles. The van der Waals surface area contributed by atoms with Crippen molar-refractivity contribution in [3.63, 3.8) is 0 Å². The molecule has 0 atom stereocenters. The number of nitrogens with one attached hydrogen (secondary N) is 1. The third-order valence-corrected chi connectivity index (χ3v) is 3.04. The van der Waals surface area contributed by atoms with Gasteiger partial charge in [0.2, 0.25) is 5.91 Å². The van der Waals surface area contributed by atoms with E-state index in [1.54, 1.807) is 11.9 Å². The van der Waals surface area contributed by atoms with E-state index in [0.29, 0.717) is 19.4 Å². The van der Waals surface area contributed by atoms with Crippen LogP contribution in [0.3, 0.4) is 0 Å². The quantitative estimate of drug-likeness (QED) is 0.813. The van der Waals surface area contributed by atoms with Crippen LogP contribution in [0, 0.1) is 0 Å². The van der Waals surface area contributed by atoms with Gasteiger partial charge in [0, 0.05) is 25.0 Å². The Morgan fingerprint density at radius 1 is 1.50 bits per heavy atom. The second-order valence-electron chi connectivity index (χ2n) is 4.23. The Labute approximate surface area is 106 Å². The van der Waals surface area contributed by atoms with E-state index in [4.69, 9.17) is 0 Å². The van der Waals surface area contributed by atoms with E-state index in [1.807, 2.05) is 18.2 Å². The number of ether oxygens (including phenoxy) is 1. The van der Waals surface area contributed by atoms with Crippen molar-refractivity contribution in [2.45, 2.75) is 12.8 Å². The molecule has 0 aromatic heterocycles. The predicted octanol–water partition coefficient (Wildman–Crippen LogP) is 1.18. The third-order valence-electron chi connectivity index (χ3n) is 3.04. The zero-order valence-electron chi connectivity index (χ0n) is 10.5. The number of hydrogen-bond acceptors (Lipinski definition) is 4. The highest BCUT2D eigenvalue weighted by Gasteiger charge is 2.23. The highest BCUT2D eigenvalue weighted by Crippen LogP contribution is 2.29. The van der Waals surface area contributed by atoms with E-state index in [9.17, 15) is 9.59 Å². The van der Waals surface area contributed by atoms with Gasteiger partial charge in [-0.25, -0.2) is 0 Å². The molecule has 0 saturated heterocycles. The van der Waals surface area contributed by atoms with Gasteiger partial charge in [0.25, 0.3) is 0 Å². The summed E-state index contributed by atoms with van der Waals surface area (Å²) in [5, 5.41) is 3.14. The summed E-state index contributed by atoms with van der Waals surface area (Å²) in [5.74, 6) is -0.129. The number of likely N-dealkylation sites (N-methyl/N-ethyl adjacent to an activating group) is 1. The maximum Gasteiger partial charge on any atom is 0.307 e. The third kappa shape index (κ3) is 2.45. The second-order valence-corrected chi connectivity index (χ2v) is 4.23. The highest BCUT2D eigenvalue weighted by atomic mass is 16.5. The highest BCUT2D eigenvalue weighted by molar-refractivity contribution is 6.01. The van der Waals surface area contributed by atoms with Crippen molar-refractivity contribution in [3.05, 3.63) is 23.8 Å². The largest absolute Gasteiger partial charge is 0.469 e. The van der Waals surface area contributed by atoms with E-state index in [-0.39, 0.29) is 11.9 Å². The molecule has 0 fully saturated rings. The van der Waals surface area contributed by atoms with Gasteiger partial charge in [-0.15, -0.1) is 0 Å². The van der Waals surface area contributed by atoms with Gasteiger partial charge in [0.15, 0.2) is 0 Å². The number of nitrogens with zero attached hydrogens (tertiary/aromatic N) is 1. The molecule has 1 N–H and O–H groups in total. The summed E-state index contributed by atoms with van der Waals surface area (Å²) in [6.07, 6.45) is 0.769. The lowest BCUT2D eigenvalue weighted by Gasteiger charge is -2.11. The molecule has 0 unspecified atom stereocenters. The fourth-order valence-electron chi connectivity index (χ4n) is 1.99. The fraction of sp³-hybridized carbons (Fsp3) is 0.385. The SMILES string of the molecule is COC(=O)CCNc1ccc2c(c1)CC(=O)N2C. The normalized spacial score (nSPS) is 13.4. The summed E-state index contributed by atoms with van der Waals surface area (Å²) >= 11 is 0. The average molecular weight is 248 g/mol. The molecule has 0 bridgehead atoms. The molecule has 96 valence electrons. The first-order chi connectivity index (χ1) is 8.61. The maximum atomic E-state index is 11.5. The molecular weight excluding hydrogens is 232 g/mol. The topological polar surface area (TPSA) is 58.6 Å². The number of hydrogen-bond donors (Lipinski definition) is 1. The predicted molar refractivity (Wildman–Crippen MR) is 68.7 cm³/mol. The Morgan fingerprint density at radius 2 is 2.28 bits per heavy atom. The van der Waals surface area contributed by atoms with Crippen LogP contribution in [0.2, 0.25) is 0 Å². The van der Waals surface area contributed by atoms with Crippen molar-refractivity contribution in [2.75, 3.05) is 30.9 Å². The number of rotatable bonds is 4. The molecule has 5 nitrogen and oxygen atoms in total. The number of amides is 1. The van der Waals surface area contributed by atoms with Gasteiger partial charge >= 0.3 is 5.97 Å². The number of carbonyl (C=O) groups is 2. The standard InChI is InChI=1S/C13H16N2O3/c1-15-11-4-3-10(7-9(11)8-12(15)16)14-6-5-13(17)18-2/h3-4,7,14H,5-6,8H2,1-2H3. The average Bonchev–Trinajstić information content (AvgIpc) is 2.64. The van der Waals surface area contributed by atoms with Crippen LogP contribution in [0.5, 0.6) is 0 Å². The molecule has 1 amide bonds. The Morgan fingerprint density at radius 3 is 3.00 bits per heavy atom. The minimum absolute atomic E-state index is 0.108. The van der Waals surface area contributed by atoms with Crippen LogP contribution >= 0.6 is 0 Å². The Hall–Kier alpha value is -2.04. The number of fused-ring (bicyclic) bond motifs is 1. The Bertz CT molecular complexity index is 485. The van der Waals surface area contributed by atoms with Crippen molar-refractivity contribution in [3.8, 4) is 0 Å². The van der Waals surface area contributed by atoms with Crippen LogP contribution in [-0.2, 0) is 20.7 Å². The summed E-state index contributed by atoms with van der Waals surface area (Å²) in [7, 11) is 3.15. The van der Waals surface area contributed by atoms with E-state index in [1.165, 1.54) is 7.11 Å². The Kier molecular flexibility index (Phi) is 3.50. The van der Waals surface area contributed by atoms with Gasteiger partial charge < -0.3 is 15.0 Å². The monoisotopic (exact) mass is 248 g/mol. The number of anilines is 2. The summed E-state index contributed by atoms with van der Waals surface area (Å²) in [5.41, 5.74) is 2.89. The molecule has 1 aromatic rings. The lowest BCUT2D eigenvalue weighted by atomic mass is 10.1. The molecule has 0 radical (unpaired) electrons. The van der Waals surface area contributed by atoms with Gasteiger partial charge in [0.1, 0.15) is 0 Å². The maximum absolute atomic E-state index is 11.5. The van der Waals surface area contributed by atoms with Gasteiger partial charge in [-0.2, -0.15) is 0 Å². The van der Waals surface area contributed by atoms with Crippen LogP contribution in [-0.4, -0.2) is 32.6 Å². The summed E-state index contributed by atoms with van der Waals surface area (Å²) in [4.78, 5) is 24.2. The van der Waals surface area contributed by atoms with Crippen molar-refractivity contribution in [1.82, 2.24) is 0 Å². The van der Waals surface area contributed by atoms with Crippen molar-refractivity contribution >= 4 is 23.3 Å². The van der Waals surface area contributed by atoms with Gasteiger partial charge in [-0.1, -0.05) is 0 Å². The van der Waals surface area contributed by atoms with E-state index >= 15 is 0 Å². The summed E-state index contributed by atoms with van der Waals surface area (Å²) < 4.78 is 4.56. The van der Waals surface area contributed by atoms with Crippen molar-refractivity contribution in [1.29, 1.82) is 0 Å². The molecule has 1 aliphatic rings. The molecule has 0 aliphatic carbocycles. The Balaban J connectivity index is 1.98. The van der Waals surface area contributed by atoms with Crippen molar-refractivity contribution in [2.24, 2.45) is 0 Å². The molecule has 2 rings (SSSR count). The van der Waals surface area contributed by atoms with Crippen LogP contribution < -0.4 is 10.2 Å². The van der Waals surface area contributed by atoms with E-state index in [0.717, 1.165) is 16.9 Å². The minimum atomic E-state index is -0.237.